The van der Waals surface area contributed by atoms with Crippen LogP contribution >= 0.6 is 11.3 Å². The van der Waals surface area contributed by atoms with Gasteiger partial charge in [-0.15, -0.1) is 11.3 Å². The van der Waals surface area contributed by atoms with Gasteiger partial charge < -0.3 is 15.5 Å². The van der Waals surface area contributed by atoms with Crippen molar-refractivity contribution in [3.8, 4) is 11.6 Å². The first kappa shape index (κ1) is 14.1. The predicted octanol–water partition coefficient (Wildman–Crippen LogP) is 1.41. The zero-order valence-electron chi connectivity index (χ0n) is 11.6. The van der Waals surface area contributed by atoms with Crippen LogP contribution in [0.3, 0.4) is 0 Å². The Kier molecular flexibility index (Phi) is 3.79. The zero-order valence-corrected chi connectivity index (χ0v) is 12.4. The maximum atomic E-state index is 12.2. The van der Waals surface area contributed by atoms with Crippen LogP contribution in [0.2, 0.25) is 0 Å². The lowest BCUT2D eigenvalue weighted by molar-refractivity contribution is 0.0947. The van der Waals surface area contributed by atoms with Gasteiger partial charge in [0.05, 0.1) is 23.9 Å². The van der Waals surface area contributed by atoms with Gasteiger partial charge in [-0.3, -0.25) is 9.78 Å². The number of carbonyl (C=O) groups is 1. The van der Waals surface area contributed by atoms with E-state index < -0.39 is 0 Å². The van der Waals surface area contributed by atoms with E-state index in [4.69, 9.17) is 10.2 Å². The molecule has 0 atom stereocenters. The van der Waals surface area contributed by atoms with Crippen molar-refractivity contribution in [2.45, 2.75) is 13.5 Å². The molecule has 0 saturated carbocycles. The molecule has 22 heavy (non-hydrogen) atoms. The molecule has 0 unspecified atom stereocenters. The van der Waals surface area contributed by atoms with Crippen molar-refractivity contribution in [1.82, 2.24) is 25.3 Å². The number of rotatable bonds is 4. The van der Waals surface area contributed by atoms with Gasteiger partial charge in [0.2, 0.25) is 5.89 Å². The van der Waals surface area contributed by atoms with Gasteiger partial charge in [-0.05, 0) is 6.92 Å². The average molecular weight is 316 g/mol. The number of anilines is 1. The van der Waals surface area contributed by atoms with E-state index in [0.717, 1.165) is 4.88 Å². The molecule has 3 N–H and O–H groups in total. The Morgan fingerprint density at radius 1 is 1.45 bits per heavy atom. The highest BCUT2D eigenvalue weighted by molar-refractivity contribution is 7.09. The first-order chi connectivity index (χ1) is 10.6. The number of nitrogens with two attached hydrogens (primary N) is 1. The largest absolute Gasteiger partial charge is 0.443 e. The van der Waals surface area contributed by atoms with E-state index in [1.54, 1.807) is 18.6 Å². The minimum atomic E-state index is -0.388. The van der Waals surface area contributed by atoms with Crippen LogP contribution in [-0.4, -0.2) is 25.8 Å². The molecule has 0 saturated heterocycles. The highest BCUT2D eigenvalue weighted by Gasteiger charge is 2.18. The number of amides is 1. The van der Waals surface area contributed by atoms with Gasteiger partial charge in [0, 0.05) is 11.1 Å². The summed E-state index contributed by atoms with van der Waals surface area (Å²) in [6.45, 7) is 2.08. The minimum Gasteiger partial charge on any atom is -0.443 e. The maximum absolute atomic E-state index is 12.2. The second kappa shape index (κ2) is 5.90. The van der Waals surface area contributed by atoms with E-state index in [9.17, 15) is 4.79 Å². The molecule has 0 radical (unpaired) electrons. The molecule has 8 nitrogen and oxygen atoms in total. The van der Waals surface area contributed by atoms with Gasteiger partial charge >= 0.3 is 0 Å². The number of thiazole rings is 1. The lowest BCUT2D eigenvalue weighted by Gasteiger charge is -2.08. The van der Waals surface area contributed by atoms with Crippen molar-refractivity contribution in [3.05, 3.63) is 40.4 Å². The number of nitrogens with zero attached hydrogens (tertiary/aromatic N) is 4. The molecule has 0 aliphatic carbocycles. The van der Waals surface area contributed by atoms with Gasteiger partial charge in [0.25, 0.3) is 5.91 Å². The minimum absolute atomic E-state index is 0.0283. The summed E-state index contributed by atoms with van der Waals surface area (Å²) in [5.74, 6) is -0.0469. The molecule has 0 aliphatic rings. The molecule has 0 spiro atoms. The summed E-state index contributed by atoms with van der Waals surface area (Å²) in [6.07, 6.45) is 4.63. The second-order valence-corrected chi connectivity index (χ2v) is 5.35. The number of oxazole rings is 1. The van der Waals surface area contributed by atoms with Crippen molar-refractivity contribution < 1.29 is 9.21 Å². The molecule has 112 valence electrons. The molecule has 0 aliphatic heterocycles. The molecular formula is C13H12N6O2S. The summed E-state index contributed by atoms with van der Waals surface area (Å²) in [5, 5.41) is 2.73. The van der Waals surface area contributed by atoms with E-state index in [1.807, 2.05) is 0 Å². The lowest BCUT2D eigenvalue weighted by Crippen LogP contribution is -2.25. The van der Waals surface area contributed by atoms with Crippen LogP contribution in [0.1, 0.15) is 21.1 Å². The summed E-state index contributed by atoms with van der Waals surface area (Å²) < 4.78 is 5.18. The van der Waals surface area contributed by atoms with Crippen LogP contribution in [0.4, 0.5) is 5.82 Å². The monoisotopic (exact) mass is 316 g/mol. The highest BCUT2D eigenvalue weighted by Crippen LogP contribution is 2.20. The van der Waals surface area contributed by atoms with Crippen LogP contribution in [0.25, 0.3) is 11.6 Å². The third-order valence-corrected chi connectivity index (χ3v) is 3.63. The molecule has 3 aromatic heterocycles. The van der Waals surface area contributed by atoms with Crippen molar-refractivity contribution in [3.63, 3.8) is 0 Å². The predicted molar refractivity (Wildman–Crippen MR) is 80.0 cm³/mol. The first-order valence-corrected chi connectivity index (χ1v) is 7.22. The molecule has 3 aromatic rings. The van der Waals surface area contributed by atoms with Gasteiger partial charge in [-0.25, -0.2) is 15.0 Å². The van der Waals surface area contributed by atoms with Crippen LogP contribution < -0.4 is 11.1 Å². The molecule has 3 rings (SSSR count). The Balaban J connectivity index is 1.82. The Morgan fingerprint density at radius 3 is 3.00 bits per heavy atom. The number of carbonyl (C=O) groups excluding carboxylic acids is 1. The van der Waals surface area contributed by atoms with Gasteiger partial charge in [0.15, 0.2) is 11.5 Å². The van der Waals surface area contributed by atoms with Crippen LogP contribution in [-0.2, 0) is 6.54 Å². The quantitative estimate of drug-likeness (QED) is 0.746. The Hall–Kier alpha value is -2.81. The first-order valence-electron chi connectivity index (χ1n) is 6.34. The van der Waals surface area contributed by atoms with Crippen LogP contribution in [0, 0.1) is 6.92 Å². The number of hydrogen-bond acceptors (Lipinski definition) is 8. The molecule has 0 fully saturated rings. The van der Waals surface area contributed by atoms with Gasteiger partial charge in [0.1, 0.15) is 12.0 Å². The van der Waals surface area contributed by atoms with E-state index in [2.05, 4.69) is 25.3 Å². The number of nitrogens with one attached hydrogen (secondary N) is 1. The SMILES string of the molecule is Cc1nc(C(=O)NCc2cncs2)c(N)nc1-c1ncco1. The topological polar surface area (TPSA) is 120 Å². The number of aromatic nitrogens is 4. The zero-order chi connectivity index (χ0) is 15.5. The van der Waals surface area contributed by atoms with E-state index in [-0.39, 0.29) is 17.4 Å². The van der Waals surface area contributed by atoms with Crippen LogP contribution in [0.5, 0.6) is 0 Å². The standard InChI is InChI=1S/C13H12N6O2S/c1-7-9(13-16-2-3-21-13)19-11(14)10(18-7)12(20)17-5-8-4-15-6-22-8/h2-4,6H,5H2,1H3,(H2,14,19)(H,17,20). The summed E-state index contributed by atoms with van der Waals surface area (Å²) in [6, 6.07) is 0. The summed E-state index contributed by atoms with van der Waals surface area (Å²) in [7, 11) is 0. The average Bonchev–Trinajstić information content (AvgIpc) is 3.19. The van der Waals surface area contributed by atoms with Crippen molar-refractivity contribution in [2.75, 3.05) is 5.73 Å². The molecule has 1 amide bonds. The molecule has 0 aromatic carbocycles. The summed E-state index contributed by atoms with van der Waals surface area (Å²) in [4.78, 5) is 29.4. The van der Waals surface area contributed by atoms with E-state index in [0.29, 0.717) is 23.8 Å². The fourth-order valence-electron chi connectivity index (χ4n) is 1.82. The highest BCUT2D eigenvalue weighted by atomic mass is 32.1. The van der Waals surface area contributed by atoms with Crippen molar-refractivity contribution >= 4 is 23.1 Å². The van der Waals surface area contributed by atoms with E-state index >= 15 is 0 Å². The number of nitrogen functional groups attached to an aromatic ring is 1. The Bertz CT molecular complexity index is 785. The second-order valence-electron chi connectivity index (χ2n) is 4.38. The molecule has 3 heterocycles. The third kappa shape index (κ3) is 2.79. The fraction of sp³-hybridized carbons (Fsp3) is 0.154. The number of hydrogen-bond donors (Lipinski definition) is 2. The summed E-state index contributed by atoms with van der Waals surface area (Å²) in [5.41, 5.74) is 8.54. The molecule has 9 heteroatoms. The Morgan fingerprint density at radius 2 is 2.32 bits per heavy atom. The van der Waals surface area contributed by atoms with Crippen molar-refractivity contribution in [1.29, 1.82) is 0 Å². The van der Waals surface area contributed by atoms with Crippen LogP contribution in [0.15, 0.2) is 28.6 Å². The molecule has 0 bridgehead atoms. The number of aryl methyl sites for hydroxylation is 1. The third-order valence-electron chi connectivity index (χ3n) is 2.85. The van der Waals surface area contributed by atoms with Gasteiger partial charge in [-0.2, -0.15) is 0 Å². The van der Waals surface area contributed by atoms with Gasteiger partial charge in [-0.1, -0.05) is 0 Å². The van der Waals surface area contributed by atoms with E-state index in [1.165, 1.54) is 23.8 Å². The Labute approximate surface area is 129 Å². The molecular weight excluding hydrogens is 304 g/mol. The maximum Gasteiger partial charge on any atom is 0.274 e. The lowest BCUT2D eigenvalue weighted by atomic mass is 10.2. The smallest absolute Gasteiger partial charge is 0.274 e. The normalized spacial score (nSPS) is 10.6. The fourth-order valence-corrected chi connectivity index (χ4v) is 2.36. The summed E-state index contributed by atoms with van der Waals surface area (Å²) >= 11 is 1.45. The van der Waals surface area contributed by atoms with Crippen molar-refractivity contribution in [2.24, 2.45) is 0 Å².